The second-order valence-electron chi connectivity index (χ2n) is 6.43. The van der Waals surface area contributed by atoms with Crippen molar-refractivity contribution >= 4 is 34.2 Å². The first-order chi connectivity index (χ1) is 13.8. The summed E-state index contributed by atoms with van der Waals surface area (Å²) in [7, 11) is 0. The summed E-state index contributed by atoms with van der Waals surface area (Å²) in [6, 6.07) is 10.6. The lowest BCUT2D eigenvalue weighted by Crippen LogP contribution is -2.22. The number of fused-ring (bicyclic) bond motifs is 1. The summed E-state index contributed by atoms with van der Waals surface area (Å²) in [4.78, 5) is 49.5. The number of nitro groups is 1. The monoisotopic (exact) mass is 395 g/mol. The average Bonchev–Trinajstić information content (AvgIpc) is 2.67. The summed E-state index contributed by atoms with van der Waals surface area (Å²) >= 11 is 0. The van der Waals surface area contributed by atoms with E-state index < -0.39 is 29.0 Å². The highest BCUT2D eigenvalue weighted by molar-refractivity contribution is 6.04. The van der Waals surface area contributed by atoms with Gasteiger partial charge in [0.15, 0.2) is 6.61 Å². The molecular weight excluding hydrogens is 378 g/mol. The van der Waals surface area contributed by atoms with Crippen LogP contribution in [0.15, 0.2) is 47.3 Å². The summed E-state index contributed by atoms with van der Waals surface area (Å²) in [5.74, 6) is -1.59. The Labute approximate surface area is 164 Å². The van der Waals surface area contributed by atoms with Crippen molar-refractivity contribution < 1.29 is 19.2 Å². The number of ether oxygens (including phenoxy) is 1. The molecule has 9 nitrogen and oxygen atoms in total. The molecule has 0 saturated heterocycles. The molecule has 9 heteroatoms. The topological polar surface area (TPSA) is 131 Å². The Morgan fingerprint density at radius 1 is 1.14 bits per heavy atom. The molecular formula is C20H17N3O6. The van der Waals surface area contributed by atoms with Crippen LogP contribution in [-0.2, 0) is 9.53 Å². The number of carbonyl (C=O) groups excluding carboxylic acids is 2. The number of aromatic nitrogens is 1. The lowest BCUT2D eigenvalue weighted by molar-refractivity contribution is -0.384. The third-order valence-electron chi connectivity index (χ3n) is 4.39. The number of rotatable bonds is 5. The highest BCUT2D eigenvalue weighted by Gasteiger charge is 2.19. The second kappa shape index (κ2) is 7.93. The van der Waals surface area contributed by atoms with Gasteiger partial charge in [-0.15, -0.1) is 0 Å². The number of H-pyrrole nitrogens is 1. The molecule has 0 bridgehead atoms. The number of pyridine rings is 1. The molecule has 148 valence electrons. The van der Waals surface area contributed by atoms with E-state index in [4.69, 9.17) is 4.74 Å². The number of aryl methyl sites for hydroxylation is 2. The van der Waals surface area contributed by atoms with Crippen LogP contribution in [0.1, 0.15) is 21.5 Å². The highest BCUT2D eigenvalue weighted by atomic mass is 16.6. The molecule has 0 aliphatic heterocycles. The van der Waals surface area contributed by atoms with Gasteiger partial charge in [-0.05, 0) is 37.1 Å². The second-order valence-corrected chi connectivity index (χ2v) is 6.43. The number of hydrogen-bond donors (Lipinski definition) is 2. The van der Waals surface area contributed by atoms with Crippen LogP contribution in [-0.4, -0.2) is 28.4 Å². The number of aromatic amines is 1. The molecule has 0 unspecified atom stereocenters. The van der Waals surface area contributed by atoms with E-state index in [9.17, 15) is 24.5 Å². The molecule has 3 aromatic rings. The van der Waals surface area contributed by atoms with E-state index in [1.807, 2.05) is 0 Å². The van der Waals surface area contributed by atoms with Gasteiger partial charge in [-0.25, -0.2) is 4.79 Å². The Kier molecular flexibility index (Phi) is 5.40. The lowest BCUT2D eigenvalue weighted by atomic mass is 10.1. The molecule has 0 aliphatic carbocycles. The van der Waals surface area contributed by atoms with E-state index in [2.05, 4.69) is 10.3 Å². The average molecular weight is 395 g/mol. The normalized spacial score (nSPS) is 10.6. The molecule has 0 saturated carbocycles. The Morgan fingerprint density at radius 2 is 1.83 bits per heavy atom. The van der Waals surface area contributed by atoms with Gasteiger partial charge in [-0.3, -0.25) is 19.7 Å². The number of benzene rings is 2. The molecule has 0 spiro atoms. The van der Waals surface area contributed by atoms with Gasteiger partial charge in [0, 0.05) is 23.0 Å². The number of nitrogens with zero attached hydrogens (tertiary/aromatic N) is 1. The lowest BCUT2D eigenvalue weighted by Gasteiger charge is -2.10. The van der Waals surface area contributed by atoms with Gasteiger partial charge in [0.1, 0.15) is 5.69 Å². The van der Waals surface area contributed by atoms with Crippen LogP contribution in [0, 0.1) is 24.0 Å². The van der Waals surface area contributed by atoms with E-state index in [1.165, 1.54) is 12.1 Å². The number of hydrogen-bond acceptors (Lipinski definition) is 6. The standard InChI is InChI=1S/C20H17N3O6/c1-11-7-16(17(23(27)28)8-12(11)2)22-19(25)10-29-20(26)14-9-18(24)21-15-6-4-3-5-13(14)15/h3-9H,10H2,1-2H3,(H,21,24)(H,22,25). The van der Waals surface area contributed by atoms with E-state index in [1.54, 1.807) is 38.1 Å². The van der Waals surface area contributed by atoms with Gasteiger partial charge in [-0.1, -0.05) is 18.2 Å². The van der Waals surface area contributed by atoms with Crippen LogP contribution in [0.25, 0.3) is 10.9 Å². The molecule has 1 aromatic heterocycles. The Bertz CT molecular complexity index is 1200. The number of nitrogens with one attached hydrogen (secondary N) is 2. The number of para-hydroxylation sites is 1. The maximum absolute atomic E-state index is 12.4. The summed E-state index contributed by atoms with van der Waals surface area (Å²) in [5.41, 5.74) is 1.23. The maximum atomic E-state index is 12.4. The van der Waals surface area contributed by atoms with Gasteiger partial charge >= 0.3 is 5.97 Å². The molecule has 0 atom stereocenters. The first-order valence-electron chi connectivity index (χ1n) is 8.61. The zero-order valence-electron chi connectivity index (χ0n) is 15.6. The van der Waals surface area contributed by atoms with E-state index in [-0.39, 0.29) is 16.9 Å². The fourth-order valence-electron chi connectivity index (χ4n) is 2.82. The number of esters is 1. The molecule has 0 aliphatic rings. The van der Waals surface area contributed by atoms with Crippen LogP contribution in [0.4, 0.5) is 11.4 Å². The minimum Gasteiger partial charge on any atom is -0.452 e. The molecule has 2 aromatic carbocycles. The van der Waals surface area contributed by atoms with Crippen LogP contribution in [0.2, 0.25) is 0 Å². The molecule has 0 radical (unpaired) electrons. The van der Waals surface area contributed by atoms with Gasteiger partial charge < -0.3 is 15.0 Å². The van der Waals surface area contributed by atoms with Crippen molar-refractivity contribution in [1.82, 2.24) is 4.98 Å². The van der Waals surface area contributed by atoms with Crippen LogP contribution in [0.5, 0.6) is 0 Å². The van der Waals surface area contributed by atoms with Crippen LogP contribution >= 0.6 is 0 Å². The van der Waals surface area contributed by atoms with Crippen molar-refractivity contribution in [3.8, 4) is 0 Å². The molecule has 0 fully saturated rings. The Balaban J connectivity index is 1.76. The highest BCUT2D eigenvalue weighted by Crippen LogP contribution is 2.27. The molecule has 1 heterocycles. The van der Waals surface area contributed by atoms with Crippen LogP contribution < -0.4 is 10.9 Å². The Morgan fingerprint density at radius 3 is 2.55 bits per heavy atom. The fraction of sp³-hybridized carbons (Fsp3) is 0.150. The van der Waals surface area contributed by atoms with Crippen molar-refractivity contribution in [2.45, 2.75) is 13.8 Å². The largest absolute Gasteiger partial charge is 0.452 e. The number of anilines is 1. The number of carbonyl (C=O) groups is 2. The van der Waals surface area contributed by atoms with Gasteiger partial charge in [0.2, 0.25) is 5.56 Å². The van der Waals surface area contributed by atoms with Crippen molar-refractivity contribution in [3.63, 3.8) is 0 Å². The summed E-state index contributed by atoms with van der Waals surface area (Å²) in [6.45, 7) is 2.82. The van der Waals surface area contributed by atoms with E-state index >= 15 is 0 Å². The first-order valence-corrected chi connectivity index (χ1v) is 8.61. The zero-order chi connectivity index (χ0) is 21.1. The molecule has 1 amide bonds. The van der Waals surface area contributed by atoms with Gasteiger partial charge in [0.05, 0.1) is 10.5 Å². The minimum absolute atomic E-state index is 0.0146. The SMILES string of the molecule is Cc1cc(NC(=O)COC(=O)c2cc(=O)[nH]c3ccccc23)c([N+](=O)[O-])cc1C. The smallest absolute Gasteiger partial charge is 0.339 e. The van der Waals surface area contributed by atoms with Crippen molar-refractivity contribution in [3.05, 3.63) is 79.6 Å². The summed E-state index contributed by atoms with van der Waals surface area (Å²) in [5, 5.41) is 14.1. The zero-order valence-corrected chi connectivity index (χ0v) is 15.6. The molecule has 2 N–H and O–H groups in total. The fourth-order valence-corrected chi connectivity index (χ4v) is 2.82. The maximum Gasteiger partial charge on any atom is 0.339 e. The first kappa shape index (κ1) is 19.7. The minimum atomic E-state index is -0.850. The van der Waals surface area contributed by atoms with Gasteiger partial charge in [0.25, 0.3) is 11.6 Å². The quantitative estimate of drug-likeness (QED) is 0.388. The number of nitro benzene ring substituents is 1. The third-order valence-corrected chi connectivity index (χ3v) is 4.39. The third kappa shape index (κ3) is 4.29. The van der Waals surface area contributed by atoms with Crippen molar-refractivity contribution in [2.24, 2.45) is 0 Å². The van der Waals surface area contributed by atoms with Crippen LogP contribution in [0.3, 0.4) is 0 Å². The molecule has 29 heavy (non-hydrogen) atoms. The predicted molar refractivity (Wildman–Crippen MR) is 106 cm³/mol. The molecule has 3 rings (SSSR count). The predicted octanol–water partition coefficient (Wildman–Crippen LogP) is 2.85. The van der Waals surface area contributed by atoms with Crippen molar-refractivity contribution in [1.29, 1.82) is 0 Å². The Hall–Kier alpha value is -4.01. The van der Waals surface area contributed by atoms with Crippen molar-refractivity contribution in [2.75, 3.05) is 11.9 Å². The van der Waals surface area contributed by atoms with E-state index in [0.717, 1.165) is 11.6 Å². The van der Waals surface area contributed by atoms with E-state index in [0.29, 0.717) is 16.5 Å². The summed E-state index contributed by atoms with van der Waals surface area (Å²) < 4.78 is 5.01. The summed E-state index contributed by atoms with van der Waals surface area (Å²) in [6.07, 6.45) is 0. The van der Waals surface area contributed by atoms with Gasteiger partial charge in [-0.2, -0.15) is 0 Å². The number of amides is 1.